The van der Waals surface area contributed by atoms with Gasteiger partial charge < -0.3 is 8.83 Å². The number of furan rings is 2. The molecule has 110 valence electrons. The Balaban J connectivity index is 2.06. The monoisotopic (exact) mass is 290 g/mol. The number of allylic oxidation sites excluding steroid dienone is 1. The van der Waals surface area contributed by atoms with E-state index in [-0.39, 0.29) is 0 Å². The highest BCUT2D eigenvalue weighted by Crippen LogP contribution is 2.35. The number of rotatable bonds is 4. The lowest BCUT2D eigenvalue weighted by atomic mass is 10.1. The van der Waals surface area contributed by atoms with E-state index in [1.54, 1.807) is 6.08 Å². The summed E-state index contributed by atoms with van der Waals surface area (Å²) < 4.78 is 11.9. The third kappa shape index (κ3) is 2.44. The molecule has 2 aromatic heterocycles. The molecule has 0 spiro atoms. The van der Waals surface area contributed by atoms with Crippen molar-refractivity contribution in [3.63, 3.8) is 0 Å². The fourth-order valence-corrected chi connectivity index (χ4v) is 2.53. The Hall–Kier alpha value is -2.74. The van der Waals surface area contributed by atoms with Crippen molar-refractivity contribution in [3.05, 3.63) is 72.0 Å². The molecule has 0 radical (unpaired) electrons. The smallest absolute Gasteiger partial charge is 0.173 e. The SMILES string of the molecule is C=Cc1oc(-c2ccc(-c3ccccc3)o2)c(C)c1/C=C\C. The van der Waals surface area contributed by atoms with E-state index in [9.17, 15) is 0 Å². The Morgan fingerprint density at radius 2 is 1.68 bits per heavy atom. The Bertz CT molecular complexity index is 817. The molecule has 2 heterocycles. The first-order chi connectivity index (χ1) is 10.7. The van der Waals surface area contributed by atoms with Gasteiger partial charge in [-0.1, -0.05) is 49.1 Å². The van der Waals surface area contributed by atoms with Crippen molar-refractivity contribution in [3.8, 4) is 22.8 Å². The largest absolute Gasteiger partial charge is 0.453 e. The maximum Gasteiger partial charge on any atom is 0.173 e. The molecule has 22 heavy (non-hydrogen) atoms. The lowest BCUT2D eigenvalue weighted by Crippen LogP contribution is -1.77. The van der Waals surface area contributed by atoms with Gasteiger partial charge in [0, 0.05) is 16.7 Å². The second kappa shape index (κ2) is 5.94. The van der Waals surface area contributed by atoms with E-state index >= 15 is 0 Å². The van der Waals surface area contributed by atoms with Crippen LogP contribution in [0.1, 0.15) is 23.8 Å². The lowest BCUT2D eigenvalue weighted by molar-refractivity contribution is 0.524. The van der Waals surface area contributed by atoms with Crippen molar-refractivity contribution in [2.75, 3.05) is 0 Å². The van der Waals surface area contributed by atoms with Crippen LogP contribution in [-0.2, 0) is 0 Å². The second-order valence-corrected chi connectivity index (χ2v) is 5.07. The number of hydrogen-bond donors (Lipinski definition) is 0. The van der Waals surface area contributed by atoms with Gasteiger partial charge in [-0.2, -0.15) is 0 Å². The molecule has 3 rings (SSSR count). The fraction of sp³-hybridized carbons (Fsp3) is 0.100. The van der Waals surface area contributed by atoms with Gasteiger partial charge in [-0.15, -0.1) is 0 Å². The maximum atomic E-state index is 5.98. The molecule has 0 fully saturated rings. The summed E-state index contributed by atoms with van der Waals surface area (Å²) in [5.74, 6) is 3.09. The van der Waals surface area contributed by atoms with Gasteiger partial charge in [0.25, 0.3) is 0 Å². The third-order valence-electron chi connectivity index (χ3n) is 3.63. The van der Waals surface area contributed by atoms with E-state index in [1.807, 2.05) is 68.5 Å². The van der Waals surface area contributed by atoms with Crippen molar-refractivity contribution < 1.29 is 8.83 Å². The first-order valence-corrected chi connectivity index (χ1v) is 7.28. The molecule has 0 N–H and O–H groups in total. The summed E-state index contributed by atoms with van der Waals surface area (Å²) in [5.41, 5.74) is 3.16. The highest BCUT2D eigenvalue weighted by molar-refractivity contribution is 5.72. The predicted octanol–water partition coefficient (Wildman–Crippen LogP) is 6.19. The highest BCUT2D eigenvalue weighted by atomic mass is 16.4. The summed E-state index contributed by atoms with van der Waals surface area (Å²) in [6.45, 7) is 7.84. The van der Waals surface area contributed by atoms with Gasteiger partial charge in [0.1, 0.15) is 11.5 Å². The van der Waals surface area contributed by atoms with E-state index in [0.29, 0.717) is 0 Å². The molecule has 0 aliphatic rings. The quantitative estimate of drug-likeness (QED) is 0.572. The molecular weight excluding hydrogens is 272 g/mol. The first kappa shape index (κ1) is 14.2. The molecule has 1 aromatic carbocycles. The van der Waals surface area contributed by atoms with Gasteiger partial charge in [0.2, 0.25) is 0 Å². The summed E-state index contributed by atoms with van der Waals surface area (Å²) in [7, 11) is 0. The van der Waals surface area contributed by atoms with Crippen molar-refractivity contribution in [1.82, 2.24) is 0 Å². The van der Waals surface area contributed by atoms with Crippen molar-refractivity contribution in [2.24, 2.45) is 0 Å². The van der Waals surface area contributed by atoms with Crippen LogP contribution in [0.15, 0.2) is 64.0 Å². The average Bonchev–Trinajstić information content (AvgIpc) is 3.15. The van der Waals surface area contributed by atoms with Crippen molar-refractivity contribution in [1.29, 1.82) is 0 Å². The van der Waals surface area contributed by atoms with Crippen LogP contribution in [0.5, 0.6) is 0 Å². The molecule has 0 saturated carbocycles. The van der Waals surface area contributed by atoms with Crippen molar-refractivity contribution in [2.45, 2.75) is 13.8 Å². The summed E-state index contributed by atoms with van der Waals surface area (Å²) in [6.07, 6.45) is 5.75. The van der Waals surface area contributed by atoms with Gasteiger partial charge in [0.05, 0.1) is 0 Å². The molecule has 0 atom stereocenters. The second-order valence-electron chi connectivity index (χ2n) is 5.07. The number of hydrogen-bond acceptors (Lipinski definition) is 2. The van der Waals surface area contributed by atoms with Gasteiger partial charge in [-0.05, 0) is 32.1 Å². The van der Waals surface area contributed by atoms with E-state index < -0.39 is 0 Å². The number of benzene rings is 1. The molecule has 0 aliphatic carbocycles. The third-order valence-corrected chi connectivity index (χ3v) is 3.63. The Morgan fingerprint density at radius 1 is 0.955 bits per heavy atom. The zero-order valence-corrected chi connectivity index (χ0v) is 12.8. The summed E-state index contributed by atoms with van der Waals surface area (Å²) in [5, 5.41) is 0. The van der Waals surface area contributed by atoms with Crippen LogP contribution < -0.4 is 0 Å². The van der Waals surface area contributed by atoms with E-state index in [2.05, 4.69) is 6.58 Å². The van der Waals surface area contributed by atoms with E-state index in [0.717, 1.165) is 39.7 Å². The molecule has 3 aromatic rings. The van der Waals surface area contributed by atoms with Gasteiger partial charge in [0.15, 0.2) is 11.5 Å². The standard InChI is InChI=1S/C20H18O2/c1-4-9-16-14(3)20(22-17(16)5-2)19-13-12-18(21-19)15-10-7-6-8-11-15/h4-13H,2H2,1,3H3/b9-4-. The molecule has 0 bridgehead atoms. The Labute approximate surface area is 130 Å². The fourth-order valence-electron chi connectivity index (χ4n) is 2.53. The summed E-state index contributed by atoms with van der Waals surface area (Å²) >= 11 is 0. The molecule has 0 aliphatic heterocycles. The van der Waals surface area contributed by atoms with Crippen LogP contribution >= 0.6 is 0 Å². The minimum absolute atomic E-state index is 0.732. The van der Waals surface area contributed by atoms with Crippen LogP contribution in [-0.4, -0.2) is 0 Å². The van der Waals surface area contributed by atoms with Crippen LogP contribution in [0.25, 0.3) is 35.0 Å². The Kier molecular flexibility index (Phi) is 3.84. The van der Waals surface area contributed by atoms with Crippen LogP contribution in [0.3, 0.4) is 0 Å². The van der Waals surface area contributed by atoms with Crippen molar-refractivity contribution >= 4 is 12.2 Å². The van der Waals surface area contributed by atoms with E-state index in [1.165, 1.54) is 0 Å². The van der Waals surface area contributed by atoms with Crippen LogP contribution in [0.4, 0.5) is 0 Å². The lowest BCUT2D eigenvalue weighted by Gasteiger charge is -1.97. The minimum Gasteiger partial charge on any atom is -0.453 e. The van der Waals surface area contributed by atoms with Gasteiger partial charge >= 0.3 is 0 Å². The summed E-state index contributed by atoms with van der Waals surface area (Å²) in [6, 6.07) is 13.9. The van der Waals surface area contributed by atoms with E-state index in [4.69, 9.17) is 8.83 Å². The molecule has 2 nitrogen and oxygen atoms in total. The van der Waals surface area contributed by atoms with Gasteiger partial charge in [-0.3, -0.25) is 0 Å². The molecule has 0 saturated heterocycles. The maximum absolute atomic E-state index is 5.98. The zero-order chi connectivity index (χ0) is 15.5. The van der Waals surface area contributed by atoms with Crippen LogP contribution in [0.2, 0.25) is 0 Å². The van der Waals surface area contributed by atoms with Crippen LogP contribution in [0, 0.1) is 6.92 Å². The predicted molar refractivity (Wildman–Crippen MR) is 91.4 cm³/mol. The normalized spacial score (nSPS) is 11.2. The molecule has 0 unspecified atom stereocenters. The first-order valence-electron chi connectivity index (χ1n) is 7.28. The molecule has 0 amide bonds. The average molecular weight is 290 g/mol. The Morgan fingerprint density at radius 3 is 2.36 bits per heavy atom. The molecular formula is C20H18O2. The molecule has 2 heteroatoms. The van der Waals surface area contributed by atoms with Gasteiger partial charge in [-0.25, -0.2) is 0 Å². The topological polar surface area (TPSA) is 26.3 Å². The zero-order valence-electron chi connectivity index (χ0n) is 12.8. The highest BCUT2D eigenvalue weighted by Gasteiger charge is 2.17. The minimum atomic E-state index is 0.732. The summed E-state index contributed by atoms with van der Waals surface area (Å²) in [4.78, 5) is 0.